The number of pyridine rings is 1. The Morgan fingerprint density at radius 3 is 2.26 bits per heavy atom. The first-order valence-corrected chi connectivity index (χ1v) is 12.9. The zero-order valence-corrected chi connectivity index (χ0v) is 22.1. The lowest BCUT2D eigenvalue weighted by Gasteiger charge is -2.31. The SMILES string of the molecule is O=C(NCc1cccnc1)C(Cc1ccccc1)N(Cc1ccc(Cl)cc1)C(=O)COc1ccccc1Cl. The first-order chi connectivity index (χ1) is 18.5. The number of carbonyl (C=O) groups is 2. The van der Waals surface area contributed by atoms with Gasteiger partial charge in [-0.1, -0.05) is 83.9 Å². The molecule has 194 valence electrons. The van der Waals surface area contributed by atoms with Crippen molar-refractivity contribution in [1.82, 2.24) is 15.2 Å². The third-order valence-corrected chi connectivity index (χ3v) is 6.48. The van der Waals surface area contributed by atoms with Crippen LogP contribution in [0.4, 0.5) is 0 Å². The normalized spacial score (nSPS) is 11.4. The number of halogens is 2. The van der Waals surface area contributed by atoms with Gasteiger partial charge in [0, 0.05) is 36.9 Å². The average Bonchev–Trinajstić information content (AvgIpc) is 2.95. The second-order valence-electron chi connectivity index (χ2n) is 8.65. The number of rotatable bonds is 11. The van der Waals surface area contributed by atoms with Gasteiger partial charge in [0.2, 0.25) is 5.91 Å². The lowest BCUT2D eigenvalue weighted by Crippen LogP contribution is -2.51. The highest BCUT2D eigenvalue weighted by atomic mass is 35.5. The highest BCUT2D eigenvalue weighted by Gasteiger charge is 2.30. The van der Waals surface area contributed by atoms with Gasteiger partial charge in [-0.2, -0.15) is 0 Å². The van der Waals surface area contributed by atoms with Gasteiger partial charge >= 0.3 is 0 Å². The van der Waals surface area contributed by atoms with E-state index in [0.29, 0.717) is 22.2 Å². The number of aromatic nitrogens is 1. The van der Waals surface area contributed by atoms with Crippen LogP contribution >= 0.6 is 23.2 Å². The fraction of sp³-hybridized carbons (Fsp3) is 0.167. The van der Waals surface area contributed by atoms with E-state index in [1.165, 1.54) is 0 Å². The van der Waals surface area contributed by atoms with E-state index < -0.39 is 6.04 Å². The minimum atomic E-state index is -0.799. The van der Waals surface area contributed by atoms with Crippen molar-refractivity contribution >= 4 is 35.0 Å². The molecular formula is C30H27Cl2N3O3. The quantitative estimate of drug-likeness (QED) is 0.260. The molecule has 4 rings (SSSR count). The van der Waals surface area contributed by atoms with Crippen LogP contribution in [0.5, 0.6) is 5.75 Å². The summed E-state index contributed by atoms with van der Waals surface area (Å²) in [5, 5.41) is 3.97. The molecule has 0 saturated carbocycles. The van der Waals surface area contributed by atoms with Gasteiger partial charge in [0.25, 0.3) is 5.91 Å². The van der Waals surface area contributed by atoms with Gasteiger partial charge in [-0.05, 0) is 47.0 Å². The number of amides is 2. The standard InChI is InChI=1S/C30H27Cl2N3O3/c31-25-14-12-23(13-15-25)20-35(29(36)21-38-28-11-5-4-10-26(28)32)27(17-22-7-2-1-3-8-22)30(37)34-19-24-9-6-16-33-18-24/h1-16,18,27H,17,19-21H2,(H,34,37). The molecule has 1 unspecified atom stereocenters. The summed E-state index contributed by atoms with van der Waals surface area (Å²) in [6.45, 7) is 0.204. The molecule has 6 nitrogen and oxygen atoms in total. The van der Waals surface area contributed by atoms with E-state index in [0.717, 1.165) is 16.7 Å². The largest absolute Gasteiger partial charge is 0.482 e. The molecule has 0 bridgehead atoms. The van der Waals surface area contributed by atoms with Gasteiger partial charge in [0.05, 0.1) is 5.02 Å². The zero-order chi connectivity index (χ0) is 26.7. The molecule has 0 fully saturated rings. The summed E-state index contributed by atoms with van der Waals surface area (Å²) < 4.78 is 5.76. The summed E-state index contributed by atoms with van der Waals surface area (Å²) >= 11 is 12.3. The van der Waals surface area contributed by atoms with Crippen LogP contribution in [0.25, 0.3) is 0 Å². The van der Waals surface area contributed by atoms with E-state index in [-0.39, 0.29) is 31.5 Å². The monoisotopic (exact) mass is 547 g/mol. The third kappa shape index (κ3) is 7.81. The van der Waals surface area contributed by atoms with Crippen LogP contribution in [-0.2, 0) is 29.1 Å². The minimum Gasteiger partial charge on any atom is -0.482 e. The Morgan fingerprint density at radius 1 is 0.842 bits per heavy atom. The van der Waals surface area contributed by atoms with Crippen molar-refractivity contribution in [1.29, 1.82) is 0 Å². The molecule has 3 aromatic carbocycles. The maximum Gasteiger partial charge on any atom is 0.261 e. The van der Waals surface area contributed by atoms with Crippen LogP contribution in [0.15, 0.2) is 103 Å². The first kappa shape index (κ1) is 27.2. The molecule has 1 aromatic heterocycles. The molecule has 1 atom stereocenters. The van der Waals surface area contributed by atoms with Crippen LogP contribution in [0.1, 0.15) is 16.7 Å². The Hall–Kier alpha value is -3.87. The number of para-hydroxylation sites is 1. The molecule has 8 heteroatoms. The van der Waals surface area contributed by atoms with E-state index in [4.69, 9.17) is 27.9 Å². The summed E-state index contributed by atoms with van der Waals surface area (Å²) in [5.74, 6) is -0.232. The Kier molecular flexibility index (Phi) is 9.73. The number of carbonyl (C=O) groups excluding carboxylic acids is 2. The lowest BCUT2D eigenvalue weighted by molar-refractivity contribution is -0.142. The van der Waals surface area contributed by atoms with Crippen LogP contribution in [0, 0.1) is 0 Å². The fourth-order valence-electron chi connectivity index (χ4n) is 3.93. The van der Waals surface area contributed by atoms with Crippen molar-refractivity contribution in [3.63, 3.8) is 0 Å². The molecule has 4 aromatic rings. The van der Waals surface area contributed by atoms with E-state index >= 15 is 0 Å². The van der Waals surface area contributed by atoms with Crippen LogP contribution in [0.3, 0.4) is 0 Å². The predicted octanol–water partition coefficient (Wildman–Crippen LogP) is 5.72. The van der Waals surface area contributed by atoms with Crippen LogP contribution < -0.4 is 10.1 Å². The van der Waals surface area contributed by atoms with E-state index in [2.05, 4.69) is 10.3 Å². The van der Waals surface area contributed by atoms with E-state index in [1.54, 1.807) is 53.7 Å². The molecule has 0 aliphatic heterocycles. The Morgan fingerprint density at radius 2 is 1.55 bits per heavy atom. The molecule has 1 N–H and O–H groups in total. The second-order valence-corrected chi connectivity index (χ2v) is 9.50. The molecule has 0 aliphatic carbocycles. The highest BCUT2D eigenvalue weighted by molar-refractivity contribution is 6.32. The van der Waals surface area contributed by atoms with E-state index in [9.17, 15) is 9.59 Å². The molecule has 0 saturated heterocycles. The summed E-state index contributed by atoms with van der Waals surface area (Å²) in [6, 6.07) is 26.6. The molecule has 2 amide bonds. The maximum absolute atomic E-state index is 13.7. The van der Waals surface area contributed by atoms with Crippen LogP contribution in [0.2, 0.25) is 10.0 Å². The van der Waals surface area contributed by atoms with Crippen molar-refractivity contribution in [2.75, 3.05) is 6.61 Å². The van der Waals surface area contributed by atoms with Crippen molar-refractivity contribution in [2.45, 2.75) is 25.6 Å². The third-order valence-electron chi connectivity index (χ3n) is 5.91. The van der Waals surface area contributed by atoms with Gasteiger partial charge in [-0.3, -0.25) is 14.6 Å². The second kappa shape index (κ2) is 13.6. The van der Waals surface area contributed by atoms with Crippen molar-refractivity contribution in [3.05, 3.63) is 130 Å². The lowest BCUT2D eigenvalue weighted by atomic mass is 10.0. The Bertz CT molecular complexity index is 1340. The van der Waals surface area contributed by atoms with Gasteiger partial charge in [-0.25, -0.2) is 0 Å². The van der Waals surface area contributed by atoms with Crippen LogP contribution in [-0.4, -0.2) is 34.3 Å². The Balaban J connectivity index is 1.61. The number of hydrogen-bond acceptors (Lipinski definition) is 4. The van der Waals surface area contributed by atoms with Crippen molar-refractivity contribution in [3.8, 4) is 5.75 Å². The predicted molar refractivity (Wildman–Crippen MR) is 149 cm³/mol. The number of ether oxygens (including phenoxy) is 1. The zero-order valence-electron chi connectivity index (χ0n) is 20.6. The molecule has 1 heterocycles. The summed E-state index contributed by atoms with van der Waals surface area (Å²) in [6.07, 6.45) is 3.70. The molecule has 38 heavy (non-hydrogen) atoms. The van der Waals surface area contributed by atoms with Crippen molar-refractivity contribution in [2.24, 2.45) is 0 Å². The first-order valence-electron chi connectivity index (χ1n) is 12.1. The number of nitrogens with zero attached hydrogens (tertiary/aromatic N) is 2. The smallest absolute Gasteiger partial charge is 0.261 e. The molecule has 0 aliphatic rings. The Labute approximate surface area is 232 Å². The van der Waals surface area contributed by atoms with Crippen molar-refractivity contribution < 1.29 is 14.3 Å². The maximum atomic E-state index is 13.7. The molecule has 0 radical (unpaired) electrons. The number of nitrogens with one attached hydrogen (secondary N) is 1. The molecule has 0 spiro atoms. The highest BCUT2D eigenvalue weighted by Crippen LogP contribution is 2.24. The topological polar surface area (TPSA) is 71.5 Å². The van der Waals surface area contributed by atoms with E-state index in [1.807, 2.05) is 54.6 Å². The number of hydrogen-bond donors (Lipinski definition) is 1. The summed E-state index contributed by atoms with van der Waals surface area (Å²) in [5.41, 5.74) is 2.62. The average molecular weight is 548 g/mol. The summed E-state index contributed by atoms with van der Waals surface area (Å²) in [7, 11) is 0. The van der Waals surface area contributed by atoms with Gasteiger partial charge in [0.15, 0.2) is 6.61 Å². The minimum absolute atomic E-state index is 0.194. The summed E-state index contributed by atoms with van der Waals surface area (Å²) in [4.78, 5) is 32.9. The van der Waals surface area contributed by atoms with Gasteiger partial charge < -0.3 is 15.0 Å². The number of benzene rings is 3. The van der Waals surface area contributed by atoms with Gasteiger partial charge in [0.1, 0.15) is 11.8 Å². The fourth-order valence-corrected chi connectivity index (χ4v) is 4.25. The van der Waals surface area contributed by atoms with Gasteiger partial charge in [-0.15, -0.1) is 0 Å². The molecular weight excluding hydrogens is 521 g/mol.